The molecule has 0 radical (unpaired) electrons. The Morgan fingerprint density at radius 1 is 1.64 bits per heavy atom. The van der Waals surface area contributed by atoms with Crippen LogP contribution in [0.1, 0.15) is 49.9 Å². The van der Waals surface area contributed by atoms with Crippen LogP contribution in [0.15, 0.2) is 4.52 Å². The Labute approximate surface area is 91.6 Å². The number of hydrogen-bond donors (Lipinski definition) is 1. The van der Waals surface area contributed by atoms with Crippen LogP contribution in [0.5, 0.6) is 0 Å². The van der Waals surface area contributed by atoms with Crippen LogP contribution in [0.2, 0.25) is 4.71 Å². The van der Waals surface area contributed by atoms with Gasteiger partial charge in [0.2, 0.25) is 0 Å². The van der Waals surface area contributed by atoms with E-state index in [-0.39, 0.29) is 4.71 Å². The van der Waals surface area contributed by atoms with E-state index in [0.717, 1.165) is 19.3 Å². The van der Waals surface area contributed by atoms with Crippen molar-refractivity contribution in [3.8, 4) is 0 Å². The maximum atomic E-state index is 9.84. The van der Waals surface area contributed by atoms with Crippen molar-refractivity contribution in [3.05, 3.63) is 11.7 Å². The van der Waals surface area contributed by atoms with Crippen LogP contribution in [0, 0.1) is 0 Å². The van der Waals surface area contributed by atoms with Gasteiger partial charge in [0.15, 0.2) is 0 Å². The van der Waals surface area contributed by atoms with Gasteiger partial charge in [0.05, 0.1) is 0 Å². The van der Waals surface area contributed by atoms with E-state index in [1.54, 1.807) is 0 Å². The van der Waals surface area contributed by atoms with Gasteiger partial charge in [-0.25, -0.2) is 0 Å². The van der Waals surface area contributed by atoms with Gasteiger partial charge >= 0.3 is 91.3 Å². The second kappa shape index (κ2) is 4.03. The van der Waals surface area contributed by atoms with Crippen molar-refractivity contribution in [3.63, 3.8) is 0 Å². The molecular weight excluding hydrogens is 243 g/mol. The van der Waals surface area contributed by atoms with Crippen LogP contribution in [0.25, 0.3) is 0 Å². The molecule has 3 atom stereocenters. The summed E-state index contributed by atoms with van der Waals surface area (Å²) in [4.78, 5) is 4.22. The molecule has 78 valence electrons. The Hall–Kier alpha value is -0.342. The second-order valence-corrected chi connectivity index (χ2v) is 5.58. The summed E-state index contributed by atoms with van der Waals surface area (Å²) in [5.74, 6) is 1.63. The van der Waals surface area contributed by atoms with Crippen molar-refractivity contribution in [1.82, 2.24) is 10.1 Å². The third-order valence-electron chi connectivity index (χ3n) is 2.53. The fraction of sp³-hybridized carbons (Fsp3) is 0.778. The van der Waals surface area contributed by atoms with Gasteiger partial charge in [0.1, 0.15) is 0 Å². The molecule has 5 heteroatoms. The minimum absolute atomic E-state index is 0.243. The molecular formula is C9H15AsN2O2. The maximum absolute atomic E-state index is 9.84. The number of hydrogen-bond acceptors (Lipinski definition) is 4. The van der Waals surface area contributed by atoms with Gasteiger partial charge in [-0.3, -0.25) is 0 Å². The van der Waals surface area contributed by atoms with E-state index in [0.29, 0.717) is 17.6 Å². The zero-order chi connectivity index (χ0) is 10.1. The van der Waals surface area contributed by atoms with Gasteiger partial charge in [-0.05, 0) is 0 Å². The quantitative estimate of drug-likeness (QED) is 0.812. The molecule has 1 heterocycles. The molecule has 1 saturated carbocycles. The molecule has 2 rings (SSSR count). The summed E-state index contributed by atoms with van der Waals surface area (Å²) in [5.41, 5.74) is 0. The third-order valence-corrected chi connectivity index (χ3v) is 4.28. The van der Waals surface area contributed by atoms with E-state index in [1.807, 2.05) is 0 Å². The molecule has 1 aliphatic carbocycles. The third kappa shape index (κ3) is 2.01. The van der Waals surface area contributed by atoms with Crippen molar-refractivity contribution in [2.75, 3.05) is 0 Å². The van der Waals surface area contributed by atoms with Crippen LogP contribution >= 0.6 is 0 Å². The molecule has 0 aliphatic heterocycles. The molecule has 1 aromatic heterocycles. The first kappa shape index (κ1) is 10.2. The van der Waals surface area contributed by atoms with E-state index >= 15 is 0 Å². The first-order valence-corrected chi connectivity index (χ1v) is 6.39. The number of rotatable bonds is 4. The summed E-state index contributed by atoms with van der Waals surface area (Å²) in [7, 11) is 0. The second-order valence-electron chi connectivity index (χ2n) is 3.78. The topological polar surface area (TPSA) is 59.2 Å². The van der Waals surface area contributed by atoms with E-state index < -0.39 is 6.10 Å². The van der Waals surface area contributed by atoms with Crippen LogP contribution in [-0.4, -0.2) is 32.1 Å². The molecule has 4 nitrogen and oxygen atoms in total. The van der Waals surface area contributed by atoms with Crippen LogP contribution < -0.4 is 0 Å². The van der Waals surface area contributed by atoms with Crippen molar-refractivity contribution in [2.45, 2.75) is 42.9 Å². The van der Waals surface area contributed by atoms with Crippen LogP contribution in [0.4, 0.5) is 0 Å². The van der Waals surface area contributed by atoms with Gasteiger partial charge in [0.25, 0.3) is 0 Å². The molecule has 0 aromatic carbocycles. The molecule has 1 fully saturated rings. The monoisotopic (exact) mass is 258 g/mol. The summed E-state index contributed by atoms with van der Waals surface area (Å²) < 4.78 is 5.33. The Kier molecular flexibility index (Phi) is 2.93. The SMILES string of the molecule is CCC([AsH2])C(O)c1noc(C2CC2)n1. The van der Waals surface area contributed by atoms with E-state index in [1.165, 1.54) is 16.9 Å². The Morgan fingerprint density at radius 3 is 2.93 bits per heavy atom. The minimum atomic E-state index is -0.559. The number of nitrogens with zero attached hydrogens (tertiary/aromatic N) is 2. The first-order chi connectivity index (χ1) is 6.72. The summed E-state index contributed by atoms with van der Waals surface area (Å²) in [6, 6.07) is 0. The zero-order valence-electron chi connectivity index (χ0n) is 8.18. The molecule has 3 unspecified atom stereocenters. The summed E-state index contributed by atoms with van der Waals surface area (Å²) in [5, 5.41) is 13.7. The Bertz CT molecular complexity index is 312. The van der Waals surface area contributed by atoms with Crippen LogP contribution in [0.3, 0.4) is 0 Å². The standard InChI is InChI=1S/C9H15AsN2O2/c1-2-6(10)7(13)8-11-9(14-12-8)5-3-4-5/h5-7,13H,2-4,10H2,1H3. The normalized spacial score (nSPS) is 20.8. The predicted molar refractivity (Wildman–Crippen MR) is 53.8 cm³/mol. The fourth-order valence-electron chi connectivity index (χ4n) is 1.28. The van der Waals surface area contributed by atoms with Crippen molar-refractivity contribution in [1.29, 1.82) is 0 Å². The Morgan fingerprint density at radius 2 is 2.36 bits per heavy atom. The van der Waals surface area contributed by atoms with E-state index in [2.05, 4.69) is 17.1 Å². The van der Waals surface area contributed by atoms with E-state index in [9.17, 15) is 5.11 Å². The van der Waals surface area contributed by atoms with Crippen molar-refractivity contribution >= 4 is 16.9 Å². The summed E-state index contributed by atoms with van der Waals surface area (Å²) >= 11 is 1.52. The van der Waals surface area contributed by atoms with Gasteiger partial charge in [0, 0.05) is 0 Å². The molecule has 0 saturated heterocycles. The van der Waals surface area contributed by atoms with Gasteiger partial charge in [-0.15, -0.1) is 0 Å². The summed E-state index contributed by atoms with van der Waals surface area (Å²) in [6.45, 7) is 2.05. The first-order valence-electron chi connectivity index (χ1n) is 4.99. The predicted octanol–water partition coefficient (Wildman–Crippen LogP) is 0.812. The molecule has 14 heavy (non-hydrogen) atoms. The summed E-state index contributed by atoms with van der Waals surface area (Å²) in [6.07, 6.45) is 2.67. The molecule has 0 spiro atoms. The number of aliphatic hydroxyl groups is 1. The van der Waals surface area contributed by atoms with Crippen molar-refractivity contribution < 1.29 is 9.63 Å². The van der Waals surface area contributed by atoms with Crippen LogP contribution in [-0.2, 0) is 0 Å². The number of aromatic nitrogens is 2. The molecule has 1 N–H and O–H groups in total. The van der Waals surface area contributed by atoms with Gasteiger partial charge < -0.3 is 0 Å². The average molecular weight is 258 g/mol. The zero-order valence-corrected chi connectivity index (χ0v) is 10.6. The van der Waals surface area contributed by atoms with Gasteiger partial charge in [-0.2, -0.15) is 0 Å². The van der Waals surface area contributed by atoms with E-state index in [4.69, 9.17) is 4.52 Å². The molecule has 0 bridgehead atoms. The average Bonchev–Trinajstić information content (AvgIpc) is 2.94. The van der Waals surface area contributed by atoms with Gasteiger partial charge in [-0.1, -0.05) is 0 Å². The number of aliphatic hydroxyl groups excluding tert-OH is 1. The Balaban J connectivity index is 2.07. The molecule has 1 aliphatic rings. The van der Waals surface area contributed by atoms with Crippen molar-refractivity contribution in [2.24, 2.45) is 0 Å². The molecule has 1 aromatic rings. The molecule has 0 amide bonds. The fourth-order valence-corrected chi connectivity index (χ4v) is 1.64.